The van der Waals surface area contributed by atoms with Crippen LogP contribution in [0.3, 0.4) is 0 Å². The standard InChI is InChI=1S/C5H9NO3/c1-2-5(6,3-7)4(8)9/h2,7H,1,3,6H2,(H,8,9)/t5-/m0/s1. The molecule has 4 N–H and O–H groups in total. The summed E-state index contributed by atoms with van der Waals surface area (Å²) in [5.41, 5.74) is 3.39. The number of nitrogens with two attached hydrogens (primary N) is 1. The van der Waals surface area contributed by atoms with Crippen molar-refractivity contribution in [3.63, 3.8) is 0 Å². The van der Waals surface area contributed by atoms with Crippen molar-refractivity contribution in [2.45, 2.75) is 5.54 Å². The van der Waals surface area contributed by atoms with Gasteiger partial charge in [-0.15, -0.1) is 6.58 Å². The molecule has 52 valence electrons. The molecule has 0 aromatic carbocycles. The Morgan fingerprint density at radius 3 is 2.33 bits per heavy atom. The second kappa shape index (κ2) is 2.61. The van der Waals surface area contributed by atoms with Crippen molar-refractivity contribution in [3.8, 4) is 0 Å². The maximum Gasteiger partial charge on any atom is 0.330 e. The Balaban J connectivity index is 4.27. The summed E-state index contributed by atoms with van der Waals surface area (Å²) in [4.78, 5) is 10.1. The summed E-state index contributed by atoms with van der Waals surface area (Å²) >= 11 is 0. The lowest BCUT2D eigenvalue weighted by atomic mass is 10.0. The first kappa shape index (κ1) is 8.13. The Morgan fingerprint density at radius 1 is 1.89 bits per heavy atom. The van der Waals surface area contributed by atoms with Crippen LogP contribution < -0.4 is 5.73 Å². The van der Waals surface area contributed by atoms with E-state index in [1.807, 2.05) is 0 Å². The average molecular weight is 131 g/mol. The second-order valence-corrected chi connectivity index (χ2v) is 1.71. The molecule has 0 saturated carbocycles. The molecule has 4 nitrogen and oxygen atoms in total. The number of aliphatic carboxylic acids is 1. The summed E-state index contributed by atoms with van der Waals surface area (Å²) in [6, 6.07) is 0. The zero-order chi connectivity index (χ0) is 7.49. The Morgan fingerprint density at radius 2 is 2.33 bits per heavy atom. The molecule has 0 aliphatic rings. The molecule has 0 radical (unpaired) electrons. The minimum atomic E-state index is -1.68. The molecule has 0 rings (SSSR count). The molecule has 1 atom stereocenters. The number of carboxylic acid groups (broad SMARTS) is 1. The first-order valence-corrected chi connectivity index (χ1v) is 2.33. The molecule has 0 unspecified atom stereocenters. The highest BCUT2D eigenvalue weighted by Crippen LogP contribution is 1.98. The first-order valence-electron chi connectivity index (χ1n) is 2.33. The third kappa shape index (κ3) is 1.51. The molecule has 0 spiro atoms. The van der Waals surface area contributed by atoms with Gasteiger partial charge in [-0.3, -0.25) is 0 Å². The van der Waals surface area contributed by atoms with Gasteiger partial charge in [0.15, 0.2) is 5.54 Å². The summed E-state index contributed by atoms with van der Waals surface area (Å²) < 4.78 is 0. The molecule has 0 aromatic heterocycles. The summed E-state index contributed by atoms with van der Waals surface area (Å²) in [6.07, 6.45) is 0.995. The molecule has 0 fully saturated rings. The van der Waals surface area contributed by atoms with E-state index < -0.39 is 18.1 Å². The number of hydrogen-bond acceptors (Lipinski definition) is 3. The SMILES string of the molecule is C=C[C@](N)(CO)C(=O)O. The minimum absolute atomic E-state index is 0.633. The van der Waals surface area contributed by atoms with Crippen molar-refractivity contribution in [2.75, 3.05) is 6.61 Å². The number of carboxylic acids is 1. The highest BCUT2D eigenvalue weighted by Gasteiger charge is 2.28. The Kier molecular flexibility index (Phi) is 2.36. The lowest BCUT2D eigenvalue weighted by Crippen LogP contribution is -2.49. The number of hydrogen-bond donors (Lipinski definition) is 3. The summed E-state index contributed by atoms with van der Waals surface area (Å²) in [5, 5.41) is 16.7. The van der Waals surface area contributed by atoms with Crippen LogP contribution in [0.5, 0.6) is 0 Å². The lowest BCUT2D eigenvalue weighted by Gasteiger charge is -2.15. The van der Waals surface area contributed by atoms with Gasteiger partial charge in [0.05, 0.1) is 6.61 Å². The number of aliphatic hydroxyl groups is 1. The third-order valence-corrected chi connectivity index (χ3v) is 1.02. The van der Waals surface area contributed by atoms with E-state index in [4.69, 9.17) is 15.9 Å². The van der Waals surface area contributed by atoms with Crippen LogP contribution in [0.2, 0.25) is 0 Å². The van der Waals surface area contributed by atoms with Gasteiger partial charge in [-0.25, -0.2) is 4.79 Å². The van der Waals surface area contributed by atoms with E-state index in [2.05, 4.69) is 6.58 Å². The molecular formula is C5H9NO3. The van der Waals surface area contributed by atoms with Crippen LogP contribution >= 0.6 is 0 Å². The number of rotatable bonds is 3. The molecule has 0 bridgehead atoms. The lowest BCUT2D eigenvalue weighted by molar-refractivity contribution is -0.142. The fourth-order valence-corrected chi connectivity index (χ4v) is 0.219. The van der Waals surface area contributed by atoms with Gasteiger partial charge in [0.25, 0.3) is 0 Å². The molecule has 0 heterocycles. The van der Waals surface area contributed by atoms with Gasteiger partial charge in [0.2, 0.25) is 0 Å². The van der Waals surface area contributed by atoms with Crippen LogP contribution in [0.4, 0.5) is 0 Å². The third-order valence-electron chi connectivity index (χ3n) is 1.02. The Labute approximate surface area is 52.6 Å². The van der Waals surface area contributed by atoms with E-state index in [9.17, 15) is 4.79 Å². The quantitative estimate of drug-likeness (QED) is 0.426. The van der Waals surface area contributed by atoms with E-state index in [1.54, 1.807) is 0 Å². The maximum atomic E-state index is 10.1. The fraction of sp³-hybridized carbons (Fsp3) is 0.400. The average Bonchev–Trinajstić information content (AvgIpc) is 1.86. The normalized spacial score (nSPS) is 16.2. The molecule has 9 heavy (non-hydrogen) atoms. The van der Waals surface area contributed by atoms with Crippen molar-refractivity contribution in [3.05, 3.63) is 12.7 Å². The first-order chi connectivity index (χ1) is 4.06. The molecule has 0 aliphatic carbocycles. The molecule has 0 aromatic rings. The second-order valence-electron chi connectivity index (χ2n) is 1.71. The van der Waals surface area contributed by atoms with Crippen molar-refractivity contribution >= 4 is 5.97 Å². The molecule has 4 heteroatoms. The zero-order valence-electron chi connectivity index (χ0n) is 4.87. The van der Waals surface area contributed by atoms with E-state index in [0.29, 0.717) is 0 Å². The van der Waals surface area contributed by atoms with Crippen LogP contribution in [0.15, 0.2) is 12.7 Å². The van der Waals surface area contributed by atoms with Crippen LogP contribution in [0, 0.1) is 0 Å². The van der Waals surface area contributed by atoms with Crippen molar-refractivity contribution < 1.29 is 15.0 Å². The van der Waals surface area contributed by atoms with Crippen LogP contribution in [0.25, 0.3) is 0 Å². The van der Waals surface area contributed by atoms with Gasteiger partial charge < -0.3 is 15.9 Å². The van der Waals surface area contributed by atoms with E-state index in [-0.39, 0.29) is 0 Å². The zero-order valence-corrected chi connectivity index (χ0v) is 4.87. The van der Waals surface area contributed by atoms with Gasteiger partial charge in [-0.2, -0.15) is 0 Å². The monoisotopic (exact) mass is 131 g/mol. The Bertz CT molecular complexity index is 134. The number of carbonyl (C=O) groups is 1. The van der Waals surface area contributed by atoms with Crippen molar-refractivity contribution in [1.29, 1.82) is 0 Å². The molecule has 0 aliphatic heterocycles. The van der Waals surface area contributed by atoms with Crippen LogP contribution in [0.1, 0.15) is 0 Å². The van der Waals surface area contributed by atoms with Crippen molar-refractivity contribution in [2.24, 2.45) is 5.73 Å². The highest BCUT2D eigenvalue weighted by molar-refractivity contribution is 5.81. The summed E-state index contributed by atoms with van der Waals surface area (Å²) in [5.74, 6) is -1.28. The maximum absolute atomic E-state index is 10.1. The summed E-state index contributed by atoms with van der Waals surface area (Å²) in [7, 11) is 0. The Hall–Kier alpha value is -0.870. The highest BCUT2D eigenvalue weighted by atomic mass is 16.4. The molecular weight excluding hydrogens is 122 g/mol. The predicted octanol–water partition coefficient (Wildman–Crippen LogP) is -1.05. The van der Waals surface area contributed by atoms with E-state index in [0.717, 1.165) is 6.08 Å². The van der Waals surface area contributed by atoms with E-state index in [1.165, 1.54) is 0 Å². The predicted molar refractivity (Wildman–Crippen MR) is 31.8 cm³/mol. The van der Waals surface area contributed by atoms with Gasteiger partial charge in [-0.05, 0) is 0 Å². The molecule has 0 amide bonds. The van der Waals surface area contributed by atoms with Gasteiger partial charge in [0, 0.05) is 0 Å². The van der Waals surface area contributed by atoms with Crippen LogP contribution in [-0.2, 0) is 4.79 Å². The number of aliphatic hydroxyl groups excluding tert-OH is 1. The summed E-state index contributed by atoms with van der Waals surface area (Å²) in [6.45, 7) is 2.53. The topological polar surface area (TPSA) is 83.5 Å². The van der Waals surface area contributed by atoms with Crippen LogP contribution in [-0.4, -0.2) is 28.3 Å². The van der Waals surface area contributed by atoms with Crippen molar-refractivity contribution in [1.82, 2.24) is 0 Å². The minimum Gasteiger partial charge on any atom is -0.480 e. The molecule has 0 saturated heterocycles. The largest absolute Gasteiger partial charge is 0.480 e. The van der Waals surface area contributed by atoms with Gasteiger partial charge in [0.1, 0.15) is 0 Å². The smallest absolute Gasteiger partial charge is 0.330 e. The van der Waals surface area contributed by atoms with Gasteiger partial charge >= 0.3 is 5.97 Å². The van der Waals surface area contributed by atoms with Gasteiger partial charge in [-0.1, -0.05) is 6.08 Å². The van der Waals surface area contributed by atoms with E-state index >= 15 is 0 Å². The fourth-order valence-electron chi connectivity index (χ4n) is 0.219.